The van der Waals surface area contributed by atoms with E-state index in [0.717, 1.165) is 24.0 Å². The largest absolute Gasteiger partial charge is 0.482 e. The van der Waals surface area contributed by atoms with Crippen LogP contribution in [0.15, 0.2) is 54.6 Å². The second-order valence-electron chi connectivity index (χ2n) is 6.84. The van der Waals surface area contributed by atoms with Gasteiger partial charge in [0, 0.05) is 6.54 Å². The number of likely N-dealkylation sites (tertiary alicyclic amines) is 1. The van der Waals surface area contributed by atoms with Crippen LogP contribution in [0.1, 0.15) is 19.3 Å². The first-order valence-corrected chi connectivity index (χ1v) is 9.57. The van der Waals surface area contributed by atoms with E-state index in [0.29, 0.717) is 18.7 Å². The Morgan fingerprint density at radius 2 is 1.62 bits per heavy atom. The van der Waals surface area contributed by atoms with Crippen molar-refractivity contribution in [1.82, 2.24) is 4.90 Å². The molecule has 0 aromatic heterocycles. The molecule has 1 aliphatic rings. The van der Waals surface area contributed by atoms with Crippen molar-refractivity contribution in [2.24, 2.45) is 5.73 Å². The summed E-state index contributed by atoms with van der Waals surface area (Å²) in [5, 5.41) is 0. The van der Waals surface area contributed by atoms with Crippen molar-refractivity contribution in [2.45, 2.75) is 25.3 Å². The van der Waals surface area contributed by atoms with Gasteiger partial charge in [0.1, 0.15) is 11.8 Å². The standard InChI is InChI=1S/C22H24N2O5/c23-22(27)19-8-4-5-13-24(19)20(25)14-29-21(26)15-28-18-11-9-17(10-12-18)16-6-2-1-3-7-16/h1-3,6-7,9-12,19H,4-5,8,13-15H2,(H2,23,27)/t19-/m0/s1. The van der Waals surface area contributed by atoms with Crippen LogP contribution in [0.5, 0.6) is 5.75 Å². The van der Waals surface area contributed by atoms with Gasteiger partial charge in [0.05, 0.1) is 0 Å². The second kappa shape index (κ2) is 9.73. The summed E-state index contributed by atoms with van der Waals surface area (Å²) in [6, 6.07) is 16.6. The number of nitrogens with zero attached hydrogens (tertiary/aromatic N) is 1. The Morgan fingerprint density at radius 1 is 0.931 bits per heavy atom. The Labute approximate surface area is 169 Å². The Balaban J connectivity index is 1.45. The number of piperidine rings is 1. The lowest BCUT2D eigenvalue weighted by Gasteiger charge is -2.33. The molecule has 0 radical (unpaired) electrons. The van der Waals surface area contributed by atoms with Gasteiger partial charge in [0.25, 0.3) is 5.91 Å². The van der Waals surface area contributed by atoms with Crippen LogP contribution in [0.3, 0.4) is 0 Å². The normalized spacial score (nSPS) is 16.1. The van der Waals surface area contributed by atoms with Crippen molar-refractivity contribution in [3.8, 4) is 16.9 Å². The molecule has 1 aliphatic heterocycles. The number of carbonyl (C=O) groups excluding carboxylic acids is 3. The molecule has 7 nitrogen and oxygen atoms in total. The second-order valence-corrected chi connectivity index (χ2v) is 6.84. The molecule has 1 fully saturated rings. The monoisotopic (exact) mass is 396 g/mol. The molecule has 2 aromatic rings. The zero-order valence-electron chi connectivity index (χ0n) is 16.1. The predicted molar refractivity (Wildman–Crippen MR) is 107 cm³/mol. The average Bonchev–Trinajstić information content (AvgIpc) is 2.77. The van der Waals surface area contributed by atoms with Crippen LogP contribution in [0, 0.1) is 0 Å². The number of nitrogens with two attached hydrogens (primary N) is 1. The molecular formula is C22H24N2O5. The fourth-order valence-corrected chi connectivity index (χ4v) is 3.31. The highest BCUT2D eigenvalue weighted by Gasteiger charge is 2.30. The summed E-state index contributed by atoms with van der Waals surface area (Å²) in [5.41, 5.74) is 7.48. The highest BCUT2D eigenvalue weighted by Crippen LogP contribution is 2.22. The molecule has 0 bridgehead atoms. The first kappa shape index (κ1) is 20.4. The van der Waals surface area contributed by atoms with E-state index in [-0.39, 0.29) is 6.61 Å². The topological polar surface area (TPSA) is 98.9 Å². The number of ether oxygens (including phenoxy) is 2. The maximum Gasteiger partial charge on any atom is 0.344 e. The van der Waals surface area contributed by atoms with Crippen molar-refractivity contribution < 1.29 is 23.9 Å². The van der Waals surface area contributed by atoms with E-state index in [2.05, 4.69) is 0 Å². The van der Waals surface area contributed by atoms with Crippen LogP contribution >= 0.6 is 0 Å². The lowest BCUT2D eigenvalue weighted by Crippen LogP contribution is -2.51. The Hall–Kier alpha value is -3.35. The number of carbonyl (C=O) groups is 3. The van der Waals surface area contributed by atoms with E-state index in [1.807, 2.05) is 42.5 Å². The molecule has 29 heavy (non-hydrogen) atoms. The number of hydrogen-bond donors (Lipinski definition) is 1. The Bertz CT molecular complexity index is 851. The minimum absolute atomic E-state index is 0.308. The van der Waals surface area contributed by atoms with E-state index >= 15 is 0 Å². The molecule has 7 heteroatoms. The minimum Gasteiger partial charge on any atom is -0.482 e. The molecule has 2 N–H and O–H groups in total. The summed E-state index contributed by atoms with van der Waals surface area (Å²) in [6.07, 6.45) is 2.18. The van der Waals surface area contributed by atoms with Crippen molar-refractivity contribution >= 4 is 17.8 Å². The molecule has 2 amide bonds. The first-order chi connectivity index (χ1) is 14.0. The zero-order valence-corrected chi connectivity index (χ0v) is 16.1. The van der Waals surface area contributed by atoms with Gasteiger partial charge < -0.3 is 20.1 Å². The van der Waals surface area contributed by atoms with E-state index in [4.69, 9.17) is 15.2 Å². The molecule has 0 aliphatic carbocycles. The molecule has 152 valence electrons. The third-order valence-electron chi connectivity index (χ3n) is 4.83. The summed E-state index contributed by atoms with van der Waals surface area (Å²) in [4.78, 5) is 37.0. The Morgan fingerprint density at radius 3 is 2.31 bits per heavy atom. The van der Waals surface area contributed by atoms with Gasteiger partial charge in [-0.1, -0.05) is 42.5 Å². The molecule has 0 unspecified atom stereocenters. The minimum atomic E-state index is -0.655. The maximum atomic E-state index is 12.3. The van der Waals surface area contributed by atoms with Crippen molar-refractivity contribution in [3.05, 3.63) is 54.6 Å². The molecule has 0 saturated carbocycles. The van der Waals surface area contributed by atoms with Crippen LogP contribution in [0.4, 0.5) is 0 Å². The van der Waals surface area contributed by atoms with Crippen LogP contribution in [-0.4, -0.2) is 48.5 Å². The third-order valence-corrected chi connectivity index (χ3v) is 4.83. The summed E-state index contributed by atoms with van der Waals surface area (Å²) in [6.45, 7) is -0.301. The van der Waals surface area contributed by atoms with Gasteiger partial charge in [-0.05, 0) is 42.5 Å². The first-order valence-electron chi connectivity index (χ1n) is 9.57. The Kier molecular flexibility index (Phi) is 6.84. The van der Waals surface area contributed by atoms with Crippen molar-refractivity contribution in [1.29, 1.82) is 0 Å². The number of hydrogen-bond acceptors (Lipinski definition) is 5. The SMILES string of the molecule is NC(=O)[C@@H]1CCCCN1C(=O)COC(=O)COc1ccc(-c2ccccc2)cc1. The number of esters is 1. The van der Waals surface area contributed by atoms with Gasteiger partial charge in [-0.3, -0.25) is 9.59 Å². The van der Waals surface area contributed by atoms with Crippen LogP contribution in [-0.2, 0) is 19.1 Å². The van der Waals surface area contributed by atoms with E-state index in [1.165, 1.54) is 4.90 Å². The van der Waals surface area contributed by atoms with E-state index < -0.39 is 30.4 Å². The molecule has 1 saturated heterocycles. The van der Waals surface area contributed by atoms with Gasteiger partial charge in [-0.25, -0.2) is 4.79 Å². The number of benzene rings is 2. The van der Waals surface area contributed by atoms with Crippen LogP contribution in [0.25, 0.3) is 11.1 Å². The summed E-state index contributed by atoms with van der Waals surface area (Å²) < 4.78 is 10.4. The highest BCUT2D eigenvalue weighted by molar-refractivity contribution is 5.88. The number of primary amides is 1. The average molecular weight is 396 g/mol. The fourth-order valence-electron chi connectivity index (χ4n) is 3.31. The van der Waals surface area contributed by atoms with Crippen molar-refractivity contribution in [3.63, 3.8) is 0 Å². The molecule has 1 atom stereocenters. The fraction of sp³-hybridized carbons (Fsp3) is 0.318. The molecular weight excluding hydrogens is 372 g/mol. The van der Waals surface area contributed by atoms with E-state index in [9.17, 15) is 14.4 Å². The third kappa shape index (κ3) is 5.57. The molecule has 1 heterocycles. The summed E-state index contributed by atoms with van der Waals surface area (Å²) in [7, 11) is 0. The van der Waals surface area contributed by atoms with Gasteiger partial charge >= 0.3 is 5.97 Å². The predicted octanol–water partition coefficient (Wildman–Crippen LogP) is 2.14. The lowest BCUT2D eigenvalue weighted by atomic mass is 10.0. The smallest absolute Gasteiger partial charge is 0.344 e. The lowest BCUT2D eigenvalue weighted by molar-refractivity contribution is -0.156. The molecule has 3 rings (SSSR count). The summed E-state index contributed by atoms with van der Waals surface area (Å²) in [5.74, 6) is -1.09. The van der Waals surface area contributed by atoms with Crippen molar-refractivity contribution in [2.75, 3.05) is 19.8 Å². The van der Waals surface area contributed by atoms with Gasteiger partial charge in [0.2, 0.25) is 5.91 Å². The zero-order chi connectivity index (χ0) is 20.6. The van der Waals surface area contributed by atoms with Crippen LogP contribution < -0.4 is 10.5 Å². The van der Waals surface area contributed by atoms with Crippen LogP contribution in [0.2, 0.25) is 0 Å². The highest BCUT2D eigenvalue weighted by atomic mass is 16.6. The molecule has 0 spiro atoms. The summed E-state index contributed by atoms with van der Waals surface area (Å²) >= 11 is 0. The quantitative estimate of drug-likeness (QED) is 0.723. The van der Waals surface area contributed by atoms with E-state index in [1.54, 1.807) is 12.1 Å². The number of rotatable bonds is 7. The van der Waals surface area contributed by atoms with Gasteiger partial charge in [0.15, 0.2) is 13.2 Å². The molecule has 2 aromatic carbocycles. The van der Waals surface area contributed by atoms with Gasteiger partial charge in [-0.15, -0.1) is 0 Å². The van der Waals surface area contributed by atoms with Gasteiger partial charge in [-0.2, -0.15) is 0 Å². The number of amides is 2. The maximum absolute atomic E-state index is 12.3.